The Morgan fingerprint density at radius 2 is 1.92 bits per heavy atom. The number of carbonyl (C=O) groups excluding carboxylic acids is 3. The molecule has 1 heterocycles. The molecule has 1 aromatic rings. The molecule has 0 saturated carbocycles. The molecule has 0 radical (unpaired) electrons. The highest BCUT2D eigenvalue weighted by Gasteiger charge is 2.33. The Bertz CT molecular complexity index is 794. The summed E-state index contributed by atoms with van der Waals surface area (Å²) >= 11 is 6.26. The van der Waals surface area contributed by atoms with Crippen LogP contribution in [-0.4, -0.2) is 47.7 Å². The van der Waals surface area contributed by atoms with E-state index in [0.717, 1.165) is 17.3 Å². The van der Waals surface area contributed by atoms with Crippen molar-refractivity contribution < 1.29 is 23.9 Å². The van der Waals surface area contributed by atoms with Crippen molar-refractivity contribution in [3.05, 3.63) is 28.7 Å². The summed E-state index contributed by atoms with van der Waals surface area (Å²) in [5.41, 5.74) is 5.08. The number of hydrogen-bond donors (Lipinski definition) is 2. The van der Waals surface area contributed by atoms with Crippen molar-refractivity contribution in [1.82, 2.24) is 15.8 Å². The number of amides is 3. The maximum atomic E-state index is 12.5. The summed E-state index contributed by atoms with van der Waals surface area (Å²) in [6.07, 6.45) is 1.66. The average Bonchev–Trinajstić information content (AvgIpc) is 2.87. The molecule has 0 unspecified atom stereocenters. The molecule has 1 fully saturated rings. The fourth-order valence-electron chi connectivity index (χ4n) is 2.07. The third-order valence-electron chi connectivity index (χ3n) is 3.26. The Morgan fingerprint density at radius 1 is 1.23 bits per heavy atom. The van der Waals surface area contributed by atoms with Gasteiger partial charge in [0.2, 0.25) is 5.91 Å². The van der Waals surface area contributed by atoms with Gasteiger partial charge in [-0.2, -0.15) is 0 Å². The zero-order valence-corrected chi connectivity index (χ0v) is 16.0. The van der Waals surface area contributed by atoms with E-state index in [1.165, 1.54) is 26.0 Å². The summed E-state index contributed by atoms with van der Waals surface area (Å²) in [5.74, 6) is -0.244. The van der Waals surface area contributed by atoms with E-state index in [0.29, 0.717) is 16.4 Å². The maximum absolute atomic E-state index is 12.5. The van der Waals surface area contributed by atoms with E-state index in [-0.39, 0.29) is 16.8 Å². The maximum Gasteiger partial charge on any atom is 0.266 e. The van der Waals surface area contributed by atoms with Gasteiger partial charge in [-0.15, -0.1) is 0 Å². The van der Waals surface area contributed by atoms with Crippen molar-refractivity contribution in [2.75, 3.05) is 20.8 Å². The third kappa shape index (κ3) is 4.73. The zero-order valence-electron chi connectivity index (χ0n) is 14.3. The summed E-state index contributed by atoms with van der Waals surface area (Å²) in [4.78, 5) is 36.6. The van der Waals surface area contributed by atoms with E-state index in [1.807, 2.05) is 0 Å². The first-order chi connectivity index (χ1) is 12.3. The van der Waals surface area contributed by atoms with Crippen LogP contribution in [0.25, 0.3) is 6.08 Å². The Balaban J connectivity index is 2.13. The Kier molecular flexibility index (Phi) is 6.58. The van der Waals surface area contributed by atoms with E-state index in [2.05, 4.69) is 10.9 Å². The number of hydrogen-bond acceptors (Lipinski definition) is 7. The second-order valence-electron chi connectivity index (χ2n) is 5.11. The molecule has 0 atom stereocenters. The number of hydrazine groups is 1. The lowest BCUT2D eigenvalue weighted by Crippen LogP contribution is -2.46. The second-order valence-corrected chi connectivity index (χ2v) is 6.79. The van der Waals surface area contributed by atoms with E-state index in [4.69, 9.17) is 21.7 Å². The van der Waals surface area contributed by atoms with Gasteiger partial charge >= 0.3 is 0 Å². The van der Waals surface area contributed by atoms with Crippen LogP contribution in [0.1, 0.15) is 12.5 Å². The first kappa shape index (κ1) is 19.7. The van der Waals surface area contributed by atoms with Crippen molar-refractivity contribution in [3.63, 3.8) is 0 Å². The molecule has 1 saturated heterocycles. The Hall–Kier alpha value is -2.59. The molecular formula is C16H17N3O5S2. The van der Waals surface area contributed by atoms with Gasteiger partial charge in [0.1, 0.15) is 10.9 Å². The van der Waals surface area contributed by atoms with E-state index < -0.39 is 11.8 Å². The fraction of sp³-hybridized carbons (Fsp3) is 0.250. The summed E-state index contributed by atoms with van der Waals surface area (Å²) in [5, 5.41) is 0. The standard InChI is InChI=1S/C16H17N3O5S2/c1-9(20)17-18-14(21)8-19-15(22)13(26-16(19)25)7-10-4-5-11(23-2)12(6-10)24-3/h4-7H,8H2,1-3H3,(H,17,20)(H,18,21)/b13-7-. The van der Waals surface area contributed by atoms with Crippen molar-refractivity contribution in [1.29, 1.82) is 0 Å². The molecule has 0 bridgehead atoms. The van der Waals surface area contributed by atoms with Crippen LogP contribution in [0.5, 0.6) is 11.5 Å². The lowest BCUT2D eigenvalue weighted by atomic mass is 10.2. The summed E-state index contributed by atoms with van der Waals surface area (Å²) in [7, 11) is 3.06. The number of thiocarbonyl (C=S) groups is 1. The highest BCUT2D eigenvalue weighted by Crippen LogP contribution is 2.34. The summed E-state index contributed by atoms with van der Waals surface area (Å²) < 4.78 is 10.7. The predicted octanol–water partition coefficient (Wildman–Crippen LogP) is 1.07. The van der Waals surface area contributed by atoms with Crippen LogP contribution in [0.15, 0.2) is 23.1 Å². The first-order valence-corrected chi connectivity index (χ1v) is 8.61. The molecule has 0 aliphatic carbocycles. The largest absolute Gasteiger partial charge is 0.493 e. The molecule has 3 amide bonds. The molecular weight excluding hydrogens is 378 g/mol. The molecule has 0 aromatic heterocycles. The first-order valence-electron chi connectivity index (χ1n) is 7.38. The molecule has 0 spiro atoms. The van der Waals surface area contributed by atoms with Crippen LogP contribution in [-0.2, 0) is 14.4 Å². The lowest BCUT2D eigenvalue weighted by molar-refractivity contribution is -0.131. The van der Waals surface area contributed by atoms with E-state index in [9.17, 15) is 14.4 Å². The highest BCUT2D eigenvalue weighted by atomic mass is 32.2. The summed E-state index contributed by atoms with van der Waals surface area (Å²) in [6, 6.07) is 5.23. The Labute approximate surface area is 159 Å². The molecule has 138 valence electrons. The average molecular weight is 395 g/mol. The normalized spacial score (nSPS) is 15.2. The number of benzene rings is 1. The van der Waals surface area contributed by atoms with Crippen LogP contribution in [0.2, 0.25) is 0 Å². The van der Waals surface area contributed by atoms with Gasteiger partial charge in [0, 0.05) is 6.92 Å². The van der Waals surface area contributed by atoms with Crippen LogP contribution >= 0.6 is 24.0 Å². The number of ether oxygens (including phenoxy) is 2. The number of thioether (sulfide) groups is 1. The van der Waals surface area contributed by atoms with Crippen molar-refractivity contribution in [2.45, 2.75) is 6.92 Å². The van der Waals surface area contributed by atoms with E-state index in [1.54, 1.807) is 24.3 Å². The quantitative estimate of drug-likeness (QED) is 0.437. The van der Waals surface area contributed by atoms with Crippen LogP contribution in [0, 0.1) is 0 Å². The minimum atomic E-state index is -0.552. The minimum Gasteiger partial charge on any atom is -0.493 e. The molecule has 8 nitrogen and oxygen atoms in total. The topological polar surface area (TPSA) is 97.0 Å². The minimum absolute atomic E-state index is 0.264. The molecule has 1 aromatic carbocycles. The van der Waals surface area contributed by atoms with Gasteiger partial charge in [-0.3, -0.25) is 30.1 Å². The highest BCUT2D eigenvalue weighted by molar-refractivity contribution is 8.26. The molecule has 1 aliphatic rings. The monoisotopic (exact) mass is 395 g/mol. The van der Waals surface area contributed by atoms with Gasteiger partial charge in [0.05, 0.1) is 19.1 Å². The molecule has 10 heteroatoms. The molecule has 1 aliphatic heterocycles. The Morgan fingerprint density at radius 3 is 2.54 bits per heavy atom. The van der Waals surface area contributed by atoms with Gasteiger partial charge in [0.15, 0.2) is 11.5 Å². The van der Waals surface area contributed by atoms with Crippen LogP contribution < -0.4 is 20.3 Å². The number of carbonyl (C=O) groups is 3. The number of nitrogens with one attached hydrogen (secondary N) is 2. The van der Waals surface area contributed by atoms with Crippen molar-refractivity contribution in [2.24, 2.45) is 0 Å². The van der Waals surface area contributed by atoms with Gasteiger partial charge in [-0.1, -0.05) is 30.0 Å². The number of nitrogens with zero attached hydrogens (tertiary/aromatic N) is 1. The predicted molar refractivity (Wildman–Crippen MR) is 101 cm³/mol. The molecule has 2 N–H and O–H groups in total. The lowest BCUT2D eigenvalue weighted by Gasteiger charge is -2.14. The molecule has 2 rings (SSSR count). The van der Waals surface area contributed by atoms with Gasteiger partial charge < -0.3 is 9.47 Å². The fourth-order valence-corrected chi connectivity index (χ4v) is 3.33. The van der Waals surface area contributed by atoms with Crippen LogP contribution in [0.4, 0.5) is 0 Å². The summed E-state index contributed by atoms with van der Waals surface area (Å²) in [6.45, 7) is 0.972. The van der Waals surface area contributed by atoms with Gasteiger partial charge in [0.25, 0.3) is 11.8 Å². The number of rotatable bonds is 5. The van der Waals surface area contributed by atoms with Crippen LogP contribution in [0.3, 0.4) is 0 Å². The van der Waals surface area contributed by atoms with Crippen molar-refractivity contribution >= 4 is 52.1 Å². The molecule has 26 heavy (non-hydrogen) atoms. The van der Waals surface area contributed by atoms with E-state index >= 15 is 0 Å². The van der Waals surface area contributed by atoms with Gasteiger partial charge in [-0.25, -0.2) is 0 Å². The smallest absolute Gasteiger partial charge is 0.266 e. The number of methoxy groups -OCH3 is 2. The second kappa shape index (κ2) is 8.68. The van der Waals surface area contributed by atoms with Crippen molar-refractivity contribution in [3.8, 4) is 11.5 Å². The zero-order chi connectivity index (χ0) is 19.3. The SMILES string of the molecule is COc1ccc(/C=C2\SC(=S)N(CC(=O)NNC(C)=O)C2=O)cc1OC. The van der Waals surface area contributed by atoms with Gasteiger partial charge in [-0.05, 0) is 23.8 Å². The third-order valence-corrected chi connectivity index (χ3v) is 4.64.